The molecule has 0 spiro atoms. The number of nitrogens with one attached hydrogen (secondary N) is 1. The third kappa shape index (κ3) is 4.23. The summed E-state index contributed by atoms with van der Waals surface area (Å²) in [5, 5.41) is -2.39. The molecule has 0 fully saturated rings. The summed E-state index contributed by atoms with van der Waals surface area (Å²) in [6.45, 7) is 1.51. The van der Waals surface area contributed by atoms with Gasteiger partial charge in [-0.05, 0) is 44.3 Å². The van der Waals surface area contributed by atoms with Crippen molar-refractivity contribution < 1.29 is 29.2 Å². The molecule has 1 aliphatic carbocycles. The van der Waals surface area contributed by atoms with Crippen molar-refractivity contribution in [2.45, 2.75) is 31.4 Å². The molecule has 5 nitrogen and oxygen atoms in total. The zero-order valence-electron chi connectivity index (χ0n) is 17.1. The van der Waals surface area contributed by atoms with Crippen LogP contribution in [0.1, 0.15) is 33.0 Å². The van der Waals surface area contributed by atoms with E-state index in [0.29, 0.717) is 0 Å². The molecule has 0 saturated heterocycles. The largest absolute Gasteiger partial charge is 0.463 e. The fourth-order valence-corrected chi connectivity index (χ4v) is 3.67. The summed E-state index contributed by atoms with van der Waals surface area (Å²) in [5.74, 6) is -2.30. The van der Waals surface area contributed by atoms with Gasteiger partial charge < -0.3 is 4.74 Å². The Labute approximate surface area is 146 Å². The molecule has 1 aromatic carbocycles. The Bertz CT molecular complexity index is 925. The maximum Gasteiger partial charge on any atom is 0.335 e. The van der Waals surface area contributed by atoms with Crippen LogP contribution in [0.3, 0.4) is 0 Å². The van der Waals surface area contributed by atoms with Crippen LogP contribution < -0.4 is 4.72 Å². The third-order valence-electron chi connectivity index (χ3n) is 3.01. The van der Waals surface area contributed by atoms with Crippen molar-refractivity contribution in [3.05, 3.63) is 40.6 Å². The van der Waals surface area contributed by atoms with E-state index in [-0.39, 0.29) is 18.6 Å². The van der Waals surface area contributed by atoms with E-state index in [1.165, 1.54) is 6.92 Å². The number of ether oxygens (including phenoxy) is 1. The summed E-state index contributed by atoms with van der Waals surface area (Å²) in [7, 11) is -4.56. The highest BCUT2D eigenvalue weighted by atomic mass is 35.5. The molecule has 126 valence electrons. The van der Waals surface area contributed by atoms with Gasteiger partial charge in [0.15, 0.2) is 0 Å². The van der Waals surface area contributed by atoms with Crippen LogP contribution >= 0.6 is 11.6 Å². The first-order valence-corrected chi connectivity index (χ1v) is 8.58. The molecule has 2 rings (SSSR count). The number of anilines is 1. The van der Waals surface area contributed by atoms with Crippen LogP contribution in [0, 0.1) is 5.82 Å². The van der Waals surface area contributed by atoms with E-state index < -0.39 is 68.7 Å². The standard InChI is InChI=1S/C15H17ClFNO4S/c1-2-22-15(19)11-5-3-4-6-14(11)23(20,21)18-13-8-7-10(17)9-12(13)16/h5,7-9,14,18H,2-4,6H2,1H3/i4D2,7D,8D,9D. The molecule has 0 amide bonds. The Morgan fingerprint density at radius 2 is 2.35 bits per heavy atom. The van der Waals surface area contributed by atoms with Crippen molar-refractivity contribution in [2.24, 2.45) is 0 Å². The van der Waals surface area contributed by atoms with E-state index in [2.05, 4.69) is 0 Å². The Kier molecular flexibility index (Phi) is 3.77. The molecule has 0 saturated carbocycles. The molecule has 1 aromatic rings. The minimum atomic E-state index is -4.56. The molecule has 0 aliphatic heterocycles. The van der Waals surface area contributed by atoms with E-state index in [1.54, 1.807) is 0 Å². The van der Waals surface area contributed by atoms with Crippen LogP contribution in [0.2, 0.25) is 5.02 Å². The van der Waals surface area contributed by atoms with Gasteiger partial charge in [-0.3, -0.25) is 4.72 Å². The predicted octanol–water partition coefficient (Wildman–Crippen LogP) is 3.26. The first-order valence-electron chi connectivity index (χ1n) is 9.16. The number of allylic oxidation sites excluding steroid dienone is 1. The topological polar surface area (TPSA) is 72.5 Å². The number of sulfonamides is 1. The van der Waals surface area contributed by atoms with Crippen LogP contribution in [0.5, 0.6) is 0 Å². The van der Waals surface area contributed by atoms with Gasteiger partial charge >= 0.3 is 5.97 Å². The summed E-state index contributed by atoms with van der Waals surface area (Å²) in [6, 6.07) is -2.87. The minimum Gasteiger partial charge on any atom is -0.463 e. The number of esters is 1. The number of hydrogen-bond donors (Lipinski definition) is 1. The predicted molar refractivity (Wildman–Crippen MR) is 86.3 cm³/mol. The number of benzene rings is 1. The van der Waals surface area contributed by atoms with Crippen LogP contribution in [-0.2, 0) is 19.6 Å². The summed E-state index contributed by atoms with van der Waals surface area (Å²) in [4.78, 5) is 12.1. The van der Waals surface area contributed by atoms with Gasteiger partial charge in [0.1, 0.15) is 11.1 Å². The second kappa shape index (κ2) is 7.31. The van der Waals surface area contributed by atoms with Crippen LogP contribution in [0.4, 0.5) is 10.1 Å². The first-order chi connectivity index (χ1) is 12.8. The van der Waals surface area contributed by atoms with E-state index >= 15 is 0 Å². The second-order valence-electron chi connectivity index (χ2n) is 4.55. The van der Waals surface area contributed by atoms with Gasteiger partial charge in [0.2, 0.25) is 10.0 Å². The molecule has 0 heterocycles. The molecule has 1 unspecified atom stereocenters. The maximum atomic E-state index is 13.7. The van der Waals surface area contributed by atoms with E-state index in [9.17, 15) is 17.6 Å². The number of hydrogen-bond acceptors (Lipinski definition) is 4. The Balaban J connectivity index is 2.52. The molecule has 1 N–H and O–H groups in total. The summed E-state index contributed by atoms with van der Waals surface area (Å²) < 4.78 is 84.6. The van der Waals surface area contributed by atoms with Gasteiger partial charge in [-0.25, -0.2) is 17.6 Å². The number of carbonyl (C=O) groups excluding carboxylic acids is 1. The van der Waals surface area contributed by atoms with Crippen molar-refractivity contribution in [2.75, 3.05) is 11.3 Å². The zero-order valence-corrected chi connectivity index (χ0v) is 13.6. The first kappa shape index (κ1) is 11.9. The summed E-state index contributed by atoms with van der Waals surface area (Å²) in [5.41, 5.74) is -0.959. The van der Waals surface area contributed by atoms with Gasteiger partial charge in [0.05, 0.1) is 27.0 Å². The second-order valence-corrected chi connectivity index (χ2v) is 6.79. The van der Waals surface area contributed by atoms with Gasteiger partial charge in [0, 0.05) is 2.74 Å². The number of carbonyl (C=O) groups is 1. The molecule has 8 heteroatoms. The van der Waals surface area contributed by atoms with Crippen molar-refractivity contribution in [1.82, 2.24) is 0 Å². The fraction of sp³-hybridized carbons (Fsp3) is 0.400. The maximum absolute atomic E-state index is 13.7. The van der Waals surface area contributed by atoms with Crippen molar-refractivity contribution >= 4 is 33.3 Å². The SMILES string of the molecule is [2H]c1c([2H])c(NS(=O)(=O)C2CC([2H])([2H])CC=C2C(=O)OCC)c(Cl)c([2H])c1F. The van der Waals surface area contributed by atoms with E-state index in [0.717, 1.165) is 6.08 Å². The lowest BCUT2D eigenvalue weighted by Crippen LogP contribution is -2.34. The lowest BCUT2D eigenvalue weighted by molar-refractivity contribution is -0.138. The normalized spacial score (nSPS) is 23.5. The molecular formula is C15H17ClFNO4S. The molecule has 1 atom stereocenters. The van der Waals surface area contributed by atoms with Crippen LogP contribution in [-0.4, -0.2) is 26.2 Å². The van der Waals surface area contributed by atoms with E-state index in [4.69, 9.17) is 23.2 Å². The Morgan fingerprint density at radius 1 is 1.61 bits per heavy atom. The van der Waals surface area contributed by atoms with Crippen molar-refractivity contribution in [3.8, 4) is 0 Å². The molecule has 0 radical (unpaired) electrons. The highest BCUT2D eigenvalue weighted by Crippen LogP contribution is 2.30. The molecular weight excluding hydrogens is 345 g/mol. The van der Waals surface area contributed by atoms with Crippen molar-refractivity contribution in [1.29, 1.82) is 0 Å². The number of rotatable bonds is 5. The lowest BCUT2D eigenvalue weighted by Gasteiger charge is -2.24. The molecule has 23 heavy (non-hydrogen) atoms. The molecule has 0 aromatic heterocycles. The smallest absolute Gasteiger partial charge is 0.335 e. The molecule has 0 bridgehead atoms. The summed E-state index contributed by atoms with van der Waals surface area (Å²) in [6.07, 6.45) is -1.54. The number of halogens is 2. The summed E-state index contributed by atoms with van der Waals surface area (Å²) >= 11 is 5.79. The van der Waals surface area contributed by atoms with Crippen LogP contribution in [0.15, 0.2) is 29.8 Å². The lowest BCUT2D eigenvalue weighted by atomic mass is 9.99. The average Bonchev–Trinajstić information content (AvgIpc) is 2.61. The quantitative estimate of drug-likeness (QED) is 0.812. The van der Waals surface area contributed by atoms with Crippen molar-refractivity contribution in [3.63, 3.8) is 0 Å². The van der Waals surface area contributed by atoms with E-state index in [1.807, 2.05) is 4.72 Å². The van der Waals surface area contributed by atoms with Crippen LogP contribution in [0.25, 0.3) is 0 Å². The Morgan fingerprint density at radius 3 is 3.04 bits per heavy atom. The van der Waals surface area contributed by atoms with Gasteiger partial charge in [-0.1, -0.05) is 17.7 Å². The highest BCUT2D eigenvalue weighted by Gasteiger charge is 2.35. The average molecular weight is 367 g/mol. The molecule has 1 aliphatic rings. The van der Waals surface area contributed by atoms with Gasteiger partial charge in [0.25, 0.3) is 0 Å². The Hall–Kier alpha value is -1.60. The minimum absolute atomic E-state index is 0.0195. The highest BCUT2D eigenvalue weighted by molar-refractivity contribution is 7.93. The third-order valence-corrected chi connectivity index (χ3v) is 4.95. The van der Waals surface area contributed by atoms with Gasteiger partial charge in [-0.15, -0.1) is 0 Å². The monoisotopic (exact) mass is 366 g/mol. The van der Waals surface area contributed by atoms with Gasteiger partial charge in [-0.2, -0.15) is 0 Å². The zero-order chi connectivity index (χ0) is 21.4. The fourth-order valence-electron chi connectivity index (χ4n) is 1.99.